The van der Waals surface area contributed by atoms with Crippen LogP contribution in [0, 0.1) is 0 Å². The standard InChI is InChI=1S/C23H23N3O2/c1-25(2)22-24-23(18-10-6-4-7-11-18,19-12-8-5-9-13-19)26(28-22)20-14-16-21(27-3)17-15-20/h4-17H,1-3H3. The van der Waals surface area contributed by atoms with E-state index in [4.69, 9.17) is 14.6 Å². The van der Waals surface area contributed by atoms with E-state index in [9.17, 15) is 0 Å². The van der Waals surface area contributed by atoms with E-state index < -0.39 is 5.66 Å². The van der Waals surface area contributed by atoms with Crippen LogP contribution in [0.2, 0.25) is 0 Å². The Morgan fingerprint density at radius 3 is 1.82 bits per heavy atom. The molecule has 5 heteroatoms. The SMILES string of the molecule is COc1ccc(N2OC(N(C)C)=NC2(c2ccccc2)c2ccccc2)cc1. The van der Waals surface area contributed by atoms with Crippen molar-refractivity contribution in [1.29, 1.82) is 0 Å². The van der Waals surface area contributed by atoms with Crippen LogP contribution in [-0.4, -0.2) is 32.1 Å². The average Bonchev–Trinajstić information content (AvgIpc) is 3.17. The molecule has 0 saturated carbocycles. The van der Waals surface area contributed by atoms with Gasteiger partial charge in [0.2, 0.25) is 5.66 Å². The second kappa shape index (κ2) is 7.27. The van der Waals surface area contributed by atoms with E-state index in [1.165, 1.54) is 0 Å². The van der Waals surface area contributed by atoms with Gasteiger partial charge in [0.25, 0.3) is 0 Å². The van der Waals surface area contributed by atoms with Gasteiger partial charge in [-0.3, -0.25) is 0 Å². The quantitative estimate of drug-likeness (QED) is 0.685. The van der Waals surface area contributed by atoms with Crippen LogP contribution in [0.4, 0.5) is 5.69 Å². The molecule has 0 bridgehead atoms. The highest BCUT2D eigenvalue weighted by Crippen LogP contribution is 2.44. The zero-order valence-electron chi connectivity index (χ0n) is 16.2. The van der Waals surface area contributed by atoms with Crippen molar-refractivity contribution < 1.29 is 9.57 Å². The molecule has 5 nitrogen and oxygen atoms in total. The van der Waals surface area contributed by atoms with Gasteiger partial charge in [-0.25, -0.2) is 0 Å². The number of hydrogen-bond donors (Lipinski definition) is 0. The third-order valence-corrected chi connectivity index (χ3v) is 4.77. The molecule has 0 fully saturated rings. The van der Waals surface area contributed by atoms with E-state index in [2.05, 4.69) is 24.3 Å². The van der Waals surface area contributed by atoms with E-state index in [1.807, 2.05) is 84.7 Å². The van der Waals surface area contributed by atoms with Crippen LogP contribution in [0.25, 0.3) is 0 Å². The molecule has 1 heterocycles. The first kappa shape index (κ1) is 17.9. The Morgan fingerprint density at radius 2 is 1.36 bits per heavy atom. The number of amidine groups is 1. The summed E-state index contributed by atoms with van der Waals surface area (Å²) in [5.41, 5.74) is 2.09. The van der Waals surface area contributed by atoms with Gasteiger partial charge in [-0.1, -0.05) is 60.7 Å². The van der Waals surface area contributed by atoms with Crippen molar-refractivity contribution >= 4 is 11.7 Å². The predicted octanol–water partition coefficient (Wildman–Crippen LogP) is 4.27. The monoisotopic (exact) mass is 373 g/mol. The molecule has 28 heavy (non-hydrogen) atoms. The third kappa shape index (κ3) is 2.95. The Balaban J connectivity index is 1.95. The van der Waals surface area contributed by atoms with Crippen molar-refractivity contribution in [2.45, 2.75) is 5.66 Å². The molecule has 0 amide bonds. The van der Waals surface area contributed by atoms with Crippen molar-refractivity contribution in [3.63, 3.8) is 0 Å². The molecule has 3 aromatic carbocycles. The molecule has 0 aromatic heterocycles. The molecule has 1 aliphatic heterocycles. The summed E-state index contributed by atoms with van der Waals surface area (Å²) >= 11 is 0. The molecule has 0 unspecified atom stereocenters. The van der Waals surface area contributed by atoms with Crippen LogP contribution in [0.5, 0.6) is 5.75 Å². The average molecular weight is 373 g/mol. The van der Waals surface area contributed by atoms with Crippen molar-refractivity contribution in [2.24, 2.45) is 4.99 Å². The van der Waals surface area contributed by atoms with Crippen LogP contribution >= 0.6 is 0 Å². The number of hydroxylamine groups is 1. The molecule has 4 rings (SSSR count). The molecule has 0 spiro atoms. The van der Waals surface area contributed by atoms with E-state index in [0.717, 1.165) is 22.6 Å². The number of hydrogen-bond acceptors (Lipinski definition) is 5. The van der Waals surface area contributed by atoms with Gasteiger partial charge in [0.15, 0.2) is 0 Å². The lowest BCUT2D eigenvalue weighted by Crippen LogP contribution is -2.42. The first-order chi connectivity index (χ1) is 13.6. The number of methoxy groups -OCH3 is 1. The lowest BCUT2D eigenvalue weighted by molar-refractivity contribution is 0.208. The van der Waals surface area contributed by atoms with Gasteiger partial charge in [-0.05, 0) is 24.3 Å². The minimum atomic E-state index is -0.837. The maximum absolute atomic E-state index is 6.28. The van der Waals surface area contributed by atoms with Crippen LogP contribution in [0.3, 0.4) is 0 Å². The molecule has 1 aliphatic rings. The highest BCUT2D eigenvalue weighted by atomic mass is 16.7. The highest BCUT2D eigenvalue weighted by molar-refractivity contribution is 5.80. The van der Waals surface area contributed by atoms with Crippen molar-refractivity contribution in [3.8, 4) is 5.75 Å². The molecular formula is C23H23N3O2. The lowest BCUT2D eigenvalue weighted by atomic mass is 9.91. The largest absolute Gasteiger partial charge is 0.497 e. The third-order valence-electron chi connectivity index (χ3n) is 4.77. The van der Waals surface area contributed by atoms with Gasteiger partial charge in [0.05, 0.1) is 12.8 Å². The van der Waals surface area contributed by atoms with E-state index in [1.54, 1.807) is 7.11 Å². The van der Waals surface area contributed by atoms with Crippen LogP contribution in [-0.2, 0) is 10.5 Å². The minimum Gasteiger partial charge on any atom is -0.497 e. The summed E-state index contributed by atoms with van der Waals surface area (Å²) in [4.78, 5) is 13.2. The molecule has 3 aromatic rings. The van der Waals surface area contributed by atoms with Crippen LogP contribution in [0.15, 0.2) is 89.9 Å². The molecule has 142 valence electrons. The summed E-state index contributed by atoms with van der Waals surface area (Å²) in [5.74, 6) is 0.793. The van der Waals surface area contributed by atoms with E-state index >= 15 is 0 Å². The summed E-state index contributed by atoms with van der Waals surface area (Å²) < 4.78 is 5.32. The van der Waals surface area contributed by atoms with Crippen LogP contribution < -0.4 is 9.80 Å². The Hall–Kier alpha value is -3.47. The Morgan fingerprint density at radius 1 is 0.821 bits per heavy atom. The van der Waals surface area contributed by atoms with Gasteiger partial charge in [-0.15, -0.1) is 0 Å². The molecule has 0 atom stereocenters. The maximum atomic E-state index is 6.28. The normalized spacial score (nSPS) is 15.0. The number of benzene rings is 3. The molecule has 0 radical (unpaired) electrons. The number of nitrogens with zero attached hydrogens (tertiary/aromatic N) is 3. The zero-order valence-corrected chi connectivity index (χ0v) is 16.2. The topological polar surface area (TPSA) is 37.3 Å². The predicted molar refractivity (Wildman–Crippen MR) is 111 cm³/mol. The lowest BCUT2D eigenvalue weighted by Gasteiger charge is -2.35. The van der Waals surface area contributed by atoms with Crippen LogP contribution in [0.1, 0.15) is 11.1 Å². The van der Waals surface area contributed by atoms with E-state index in [-0.39, 0.29) is 0 Å². The first-order valence-electron chi connectivity index (χ1n) is 9.15. The van der Waals surface area contributed by atoms with Gasteiger partial charge in [0.1, 0.15) is 5.75 Å². The fourth-order valence-electron chi connectivity index (χ4n) is 3.36. The molecule has 0 aliphatic carbocycles. The molecule has 0 N–H and O–H groups in total. The Kier molecular flexibility index (Phi) is 4.65. The summed E-state index contributed by atoms with van der Waals surface area (Å²) in [6.07, 6.45) is 0. The zero-order chi connectivity index (χ0) is 19.6. The summed E-state index contributed by atoms with van der Waals surface area (Å²) in [5, 5.41) is 1.87. The van der Waals surface area contributed by atoms with Crippen molar-refractivity contribution in [3.05, 3.63) is 96.1 Å². The summed E-state index contributed by atoms with van der Waals surface area (Å²) in [6.45, 7) is 0. The Bertz CT molecular complexity index is 915. The molecule has 0 saturated heterocycles. The minimum absolute atomic E-state index is 0.545. The number of aliphatic imine (C=N–C) groups is 1. The second-order valence-electron chi connectivity index (χ2n) is 6.78. The van der Waals surface area contributed by atoms with Gasteiger partial charge < -0.3 is 14.5 Å². The van der Waals surface area contributed by atoms with Gasteiger partial charge >= 0.3 is 6.02 Å². The van der Waals surface area contributed by atoms with Crippen molar-refractivity contribution in [1.82, 2.24) is 4.90 Å². The summed E-state index contributed by atoms with van der Waals surface area (Å²) in [7, 11) is 5.51. The van der Waals surface area contributed by atoms with Gasteiger partial charge in [0, 0.05) is 25.2 Å². The Labute approximate surface area is 165 Å². The fraction of sp³-hybridized carbons (Fsp3) is 0.174. The number of rotatable bonds is 4. The summed E-state index contributed by atoms with van der Waals surface area (Å²) in [6, 6.07) is 28.8. The number of ether oxygens (including phenoxy) is 1. The fourth-order valence-corrected chi connectivity index (χ4v) is 3.36. The van der Waals surface area contributed by atoms with E-state index in [0.29, 0.717) is 6.02 Å². The first-order valence-corrected chi connectivity index (χ1v) is 9.15. The molecular weight excluding hydrogens is 350 g/mol. The number of anilines is 1. The van der Waals surface area contributed by atoms with Gasteiger partial charge in [-0.2, -0.15) is 10.1 Å². The second-order valence-corrected chi connectivity index (χ2v) is 6.78. The van der Waals surface area contributed by atoms with Crippen molar-refractivity contribution in [2.75, 3.05) is 26.3 Å². The highest BCUT2D eigenvalue weighted by Gasteiger charge is 2.48. The maximum Gasteiger partial charge on any atom is 0.317 e. The smallest absolute Gasteiger partial charge is 0.317 e.